The Kier molecular flexibility index (Phi) is 9.57. The van der Waals surface area contributed by atoms with Crippen molar-refractivity contribution in [1.82, 2.24) is 15.1 Å². The number of ether oxygens (including phenoxy) is 1. The summed E-state index contributed by atoms with van der Waals surface area (Å²) in [5.41, 5.74) is 0. The van der Waals surface area contributed by atoms with E-state index in [-0.39, 0.29) is 36.0 Å². The lowest BCUT2D eigenvalue weighted by molar-refractivity contribution is -0.142. The fourth-order valence-electron chi connectivity index (χ4n) is 3.40. The zero-order valence-corrected chi connectivity index (χ0v) is 19.3. The van der Waals surface area contributed by atoms with Crippen LogP contribution in [0, 0.1) is 0 Å². The molecule has 28 heavy (non-hydrogen) atoms. The molecule has 1 aromatic rings. The predicted molar refractivity (Wildman–Crippen MR) is 120 cm³/mol. The maximum absolute atomic E-state index is 12.5. The maximum Gasteiger partial charge on any atom is 0.251 e. The Morgan fingerprint density at radius 2 is 2.07 bits per heavy atom. The standard InChI is InChI=1S/C20H32N4O3.HI/c1-3-16(2)22-20(21-9-8-17-6-4-14-26-17)24-12-10-23(11-13-24)19(25)18-7-5-15-27-18;/h4,6,14,16,18H,3,5,7-13,15H2,1-2H3,(H,21,22);1H. The number of halogens is 1. The van der Waals surface area contributed by atoms with Crippen LogP contribution in [-0.4, -0.2) is 73.1 Å². The molecule has 2 saturated heterocycles. The van der Waals surface area contributed by atoms with Crippen molar-refractivity contribution in [2.45, 2.75) is 51.7 Å². The van der Waals surface area contributed by atoms with Crippen LogP contribution >= 0.6 is 24.0 Å². The molecule has 158 valence electrons. The van der Waals surface area contributed by atoms with E-state index >= 15 is 0 Å². The van der Waals surface area contributed by atoms with E-state index in [1.807, 2.05) is 17.0 Å². The molecular weight excluding hydrogens is 471 g/mol. The van der Waals surface area contributed by atoms with Crippen molar-refractivity contribution in [1.29, 1.82) is 0 Å². The first kappa shape index (κ1) is 23.0. The zero-order valence-electron chi connectivity index (χ0n) is 16.9. The van der Waals surface area contributed by atoms with E-state index in [1.165, 1.54) is 0 Å². The Labute approximate surface area is 184 Å². The van der Waals surface area contributed by atoms with Crippen LogP contribution in [0.2, 0.25) is 0 Å². The Bertz CT molecular complexity index is 609. The number of guanidine groups is 1. The molecule has 3 rings (SSSR count). The fourth-order valence-corrected chi connectivity index (χ4v) is 3.40. The second-order valence-corrected chi connectivity index (χ2v) is 7.30. The highest BCUT2D eigenvalue weighted by molar-refractivity contribution is 14.0. The van der Waals surface area contributed by atoms with Crippen LogP contribution in [0.15, 0.2) is 27.8 Å². The summed E-state index contributed by atoms with van der Waals surface area (Å²) in [6.45, 7) is 8.75. The first-order chi connectivity index (χ1) is 13.2. The highest BCUT2D eigenvalue weighted by atomic mass is 127. The number of aliphatic imine (C=N–C) groups is 1. The quantitative estimate of drug-likeness (QED) is 0.367. The van der Waals surface area contributed by atoms with Gasteiger partial charge in [0.1, 0.15) is 11.9 Å². The van der Waals surface area contributed by atoms with E-state index in [2.05, 4.69) is 24.1 Å². The van der Waals surface area contributed by atoms with Crippen molar-refractivity contribution >= 4 is 35.8 Å². The highest BCUT2D eigenvalue weighted by Gasteiger charge is 2.31. The summed E-state index contributed by atoms with van der Waals surface area (Å²) in [5.74, 6) is 2.03. The van der Waals surface area contributed by atoms with Gasteiger partial charge in [-0.3, -0.25) is 9.79 Å². The zero-order chi connectivity index (χ0) is 19.1. The smallest absolute Gasteiger partial charge is 0.251 e. The number of piperazine rings is 1. The summed E-state index contributed by atoms with van der Waals surface area (Å²) in [6.07, 6.45) is 5.14. The normalized spacial score (nSPS) is 21.4. The van der Waals surface area contributed by atoms with Crippen LogP contribution in [0.3, 0.4) is 0 Å². The molecule has 0 spiro atoms. The largest absolute Gasteiger partial charge is 0.469 e. The van der Waals surface area contributed by atoms with Crippen LogP contribution < -0.4 is 5.32 Å². The molecule has 2 aliphatic heterocycles. The number of nitrogens with zero attached hydrogens (tertiary/aromatic N) is 3. The lowest BCUT2D eigenvalue weighted by Gasteiger charge is -2.38. The second kappa shape index (κ2) is 11.6. The molecule has 0 aromatic carbocycles. The van der Waals surface area contributed by atoms with E-state index in [0.29, 0.717) is 19.2 Å². The third-order valence-corrected chi connectivity index (χ3v) is 5.28. The minimum atomic E-state index is -0.226. The van der Waals surface area contributed by atoms with Gasteiger partial charge in [0.25, 0.3) is 5.91 Å². The molecule has 1 amide bonds. The van der Waals surface area contributed by atoms with Gasteiger partial charge in [-0.25, -0.2) is 0 Å². The van der Waals surface area contributed by atoms with Gasteiger partial charge in [0.05, 0.1) is 6.26 Å². The van der Waals surface area contributed by atoms with Crippen LogP contribution in [0.5, 0.6) is 0 Å². The highest BCUT2D eigenvalue weighted by Crippen LogP contribution is 2.16. The topological polar surface area (TPSA) is 70.3 Å². The minimum Gasteiger partial charge on any atom is -0.469 e. The summed E-state index contributed by atoms with van der Waals surface area (Å²) >= 11 is 0. The second-order valence-electron chi connectivity index (χ2n) is 7.30. The Morgan fingerprint density at radius 3 is 2.68 bits per heavy atom. The van der Waals surface area contributed by atoms with Crippen LogP contribution in [0.1, 0.15) is 38.9 Å². The van der Waals surface area contributed by atoms with E-state index in [4.69, 9.17) is 14.1 Å². The van der Waals surface area contributed by atoms with Gasteiger partial charge < -0.3 is 24.3 Å². The fraction of sp³-hybridized carbons (Fsp3) is 0.700. The SMILES string of the molecule is CCC(C)NC(=NCCc1ccco1)N1CCN(C(=O)C2CCCO2)CC1.I. The molecule has 2 unspecified atom stereocenters. The van der Waals surface area contributed by atoms with Crippen molar-refractivity contribution in [3.8, 4) is 0 Å². The number of amides is 1. The molecule has 1 aromatic heterocycles. The number of hydrogen-bond donors (Lipinski definition) is 1. The van der Waals surface area contributed by atoms with Crippen LogP contribution in [0.25, 0.3) is 0 Å². The van der Waals surface area contributed by atoms with E-state index in [0.717, 1.165) is 63.6 Å². The van der Waals surface area contributed by atoms with Crippen LogP contribution in [-0.2, 0) is 16.0 Å². The van der Waals surface area contributed by atoms with E-state index in [9.17, 15) is 4.79 Å². The average molecular weight is 504 g/mol. The molecule has 3 heterocycles. The van der Waals surface area contributed by atoms with Crippen molar-refractivity contribution in [3.05, 3.63) is 24.2 Å². The lowest BCUT2D eigenvalue weighted by Crippen LogP contribution is -2.56. The van der Waals surface area contributed by atoms with Gasteiger partial charge in [-0.2, -0.15) is 0 Å². The van der Waals surface area contributed by atoms with Gasteiger partial charge in [0, 0.05) is 51.8 Å². The van der Waals surface area contributed by atoms with Gasteiger partial charge >= 0.3 is 0 Å². The van der Waals surface area contributed by atoms with Gasteiger partial charge in [-0.15, -0.1) is 24.0 Å². The maximum atomic E-state index is 12.5. The minimum absolute atomic E-state index is 0. The third kappa shape index (κ3) is 6.37. The molecule has 0 aliphatic carbocycles. The number of carbonyl (C=O) groups excluding carboxylic acids is 1. The lowest BCUT2D eigenvalue weighted by atomic mass is 10.2. The van der Waals surface area contributed by atoms with Gasteiger partial charge in [0.2, 0.25) is 0 Å². The summed E-state index contributed by atoms with van der Waals surface area (Å²) in [4.78, 5) is 21.5. The Balaban J connectivity index is 0.00000280. The van der Waals surface area contributed by atoms with Crippen molar-refractivity contribution < 1.29 is 13.9 Å². The predicted octanol–water partition coefficient (Wildman–Crippen LogP) is 2.51. The number of rotatable bonds is 6. The monoisotopic (exact) mass is 504 g/mol. The van der Waals surface area contributed by atoms with E-state index < -0.39 is 0 Å². The van der Waals surface area contributed by atoms with Crippen molar-refractivity contribution in [3.63, 3.8) is 0 Å². The average Bonchev–Trinajstić information content (AvgIpc) is 3.40. The molecule has 0 radical (unpaired) electrons. The third-order valence-electron chi connectivity index (χ3n) is 5.28. The summed E-state index contributed by atoms with van der Waals surface area (Å²) in [6, 6.07) is 4.24. The number of furan rings is 1. The van der Waals surface area contributed by atoms with Crippen molar-refractivity contribution in [2.24, 2.45) is 4.99 Å². The Hall–Kier alpha value is -1.29. The molecular formula is C20H33IN4O3. The first-order valence-electron chi connectivity index (χ1n) is 10.2. The Morgan fingerprint density at radius 1 is 1.32 bits per heavy atom. The summed E-state index contributed by atoms with van der Waals surface area (Å²) in [5, 5.41) is 3.53. The molecule has 0 bridgehead atoms. The van der Waals surface area contributed by atoms with Gasteiger partial charge in [0.15, 0.2) is 5.96 Å². The summed E-state index contributed by atoms with van der Waals surface area (Å²) in [7, 11) is 0. The van der Waals surface area contributed by atoms with Gasteiger partial charge in [-0.1, -0.05) is 6.92 Å². The number of hydrogen-bond acceptors (Lipinski definition) is 4. The first-order valence-corrected chi connectivity index (χ1v) is 10.2. The number of nitrogens with one attached hydrogen (secondary N) is 1. The molecule has 8 heteroatoms. The molecule has 1 N–H and O–H groups in total. The van der Waals surface area contributed by atoms with Crippen LogP contribution in [0.4, 0.5) is 0 Å². The van der Waals surface area contributed by atoms with Crippen molar-refractivity contribution in [2.75, 3.05) is 39.3 Å². The number of carbonyl (C=O) groups is 1. The molecule has 2 aliphatic rings. The van der Waals surface area contributed by atoms with Gasteiger partial charge in [-0.05, 0) is 38.3 Å². The van der Waals surface area contributed by atoms with E-state index in [1.54, 1.807) is 6.26 Å². The molecule has 2 atom stereocenters. The molecule has 2 fully saturated rings. The molecule has 7 nitrogen and oxygen atoms in total. The molecule has 0 saturated carbocycles. The summed E-state index contributed by atoms with van der Waals surface area (Å²) < 4.78 is 10.9.